The summed E-state index contributed by atoms with van der Waals surface area (Å²) in [5, 5.41) is 26.7. The van der Waals surface area contributed by atoms with Gasteiger partial charge < -0.3 is 41.6 Å². The summed E-state index contributed by atoms with van der Waals surface area (Å²) < 4.78 is 16.8. The first-order chi connectivity index (χ1) is 30.7. The summed E-state index contributed by atoms with van der Waals surface area (Å²) in [4.78, 5) is 94.6. The fraction of sp³-hybridized carbons (Fsp3) is 0.391. The Hall–Kier alpha value is -6.40. The third kappa shape index (κ3) is 10.8. The van der Waals surface area contributed by atoms with Crippen molar-refractivity contribution in [2.75, 3.05) is 31.9 Å². The second-order valence-corrected chi connectivity index (χ2v) is 16.3. The molecule has 0 radical (unpaired) electrons. The Balaban J connectivity index is 1.05. The lowest BCUT2D eigenvalue weighted by molar-refractivity contribution is -0.131. The maximum Gasteiger partial charge on any atom is 0.257 e. The van der Waals surface area contributed by atoms with Gasteiger partial charge in [-0.1, -0.05) is 43.8 Å². The highest BCUT2D eigenvalue weighted by Crippen LogP contribution is 2.45. The standard InChI is InChI=1S/C46H53FN8O8S/c1-4-25(2)29-18-36-44-30(23-55(36)46(63)31(29)24-56)43-33(13-12-28-26(3)32(47)19-34(54-44)42(28)43)52-38(58)11-8-15-48-39(59)21-51-45(62)35(17-27-9-6-5-7-10-27)53-41(61)22-50-40(60)20-49-37(57)14-16-64/h5-7,9-10,18-19,33,35,56,64H,2,4,8,11-17,20-24H2,1,3H3,(H,48,59)(H,49,57)(H,50,60)(H,51,62)(H,52,58)(H,53,61)/t33-,35?/m0/s1. The van der Waals surface area contributed by atoms with E-state index in [4.69, 9.17) is 4.98 Å². The van der Waals surface area contributed by atoms with Crippen molar-refractivity contribution in [3.8, 4) is 11.4 Å². The van der Waals surface area contributed by atoms with E-state index in [1.165, 1.54) is 6.07 Å². The van der Waals surface area contributed by atoms with Crippen LogP contribution in [0.5, 0.6) is 0 Å². The van der Waals surface area contributed by atoms with Crippen LogP contribution in [0.1, 0.15) is 84.0 Å². The average Bonchev–Trinajstić information content (AvgIpc) is 3.66. The van der Waals surface area contributed by atoms with E-state index >= 15 is 4.39 Å². The average molecular weight is 897 g/mol. The minimum Gasteiger partial charge on any atom is -0.391 e. The number of aliphatic hydroxyl groups excluding tert-OH is 1. The highest BCUT2D eigenvalue weighted by Gasteiger charge is 2.35. The smallest absolute Gasteiger partial charge is 0.257 e. The van der Waals surface area contributed by atoms with Crippen LogP contribution >= 0.6 is 12.6 Å². The zero-order valence-electron chi connectivity index (χ0n) is 35.8. The SMILES string of the molecule is C=C(CC)c1cc2n(c(=O)c1CO)Cc1c-2nc2cc(F)c(C)c3c2c1[C@@H](NC(=O)CCCNC(=O)CNC(=O)C(Cc1ccccc1)NC(=O)CNC(=O)CNC(=O)CCS)CC3. The van der Waals surface area contributed by atoms with Crippen molar-refractivity contribution in [1.29, 1.82) is 0 Å². The Kier molecular flexibility index (Phi) is 15.7. The molecule has 6 rings (SSSR count). The van der Waals surface area contributed by atoms with Crippen molar-refractivity contribution in [1.82, 2.24) is 41.5 Å². The molecule has 7 N–H and O–H groups in total. The molecule has 1 aliphatic carbocycles. The number of rotatable bonds is 20. The lowest BCUT2D eigenvalue weighted by Crippen LogP contribution is -2.52. The molecule has 3 heterocycles. The third-order valence-electron chi connectivity index (χ3n) is 11.5. The molecule has 2 aromatic heterocycles. The molecule has 0 fully saturated rings. The van der Waals surface area contributed by atoms with Gasteiger partial charge in [-0.05, 0) is 77.8 Å². The summed E-state index contributed by atoms with van der Waals surface area (Å²) in [6.07, 6.45) is 2.10. The number of benzene rings is 2. The van der Waals surface area contributed by atoms with Crippen LogP contribution in [0.25, 0.3) is 27.9 Å². The Bertz CT molecular complexity index is 2560. The number of amides is 6. The van der Waals surface area contributed by atoms with E-state index in [0.29, 0.717) is 58.6 Å². The molecule has 0 saturated heterocycles. The number of pyridine rings is 2. The predicted molar refractivity (Wildman–Crippen MR) is 242 cm³/mol. The second kappa shape index (κ2) is 21.3. The van der Waals surface area contributed by atoms with Gasteiger partial charge in [0.15, 0.2) is 0 Å². The lowest BCUT2D eigenvalue weighted by atomic mass is 9.81. The summed E-state index contributed by atoms with van der Waals surface area (Å²) in [5.74, 6) is -3.11. The van der Waals surface area contributed by atoms with Crippen LogP contribution in [0.3, 0.4) is 0 Å². The van der Waals surface area contributed by atoms with Crippen molar-refractivity contribution in [3.05, 3.63) is 104 Å². The van der Waals surface area contributed by atoms with Crippen molar-refractivity contribution in [2.24, 2.45) is 0 Å². The highest BCUT2D eigenvalue weighted by atomic mass is 32.1. The fourth-order valence-electron chi connectivity index (χ4n) is 8.16. The van der Waals surface area contributed by atoms with Crippen LogP contribution in [0.15, 0.2) is 53.8 Å². The molecule has 0 spiro atoms. The first-order valence-electron chi connectivity index (χ1n) is 21.3. The number of carbonyl (C=O) groups is 6. The molecule has 0 saturated carbocycles. The molecule has 2 aliphatic rings. The number of aliphatic hydroxyl groups is 1. The summed E-state index contributed by atoms with van der Waals surface area (Å²) in [7, 11) is 0. The van der Waals surface area contributed by atoms with E-state index in [-0.39, 0.29) is 68.3 Å². The highest BCUT2D eigenvalue weighted by molar-refractivity contribution is 7.80. The molecule has 2 atom stereocenters. The normalized spacial score (nSPS) is 13.9. The minimum absolute atomic E-state index is 0.0562. The molecular formula is C46H53FN8O8S. The summed E-state index contributed by atoms with van der Waals surface area (Å²) in [6.45, 7) is 6.38. The van der Waals surface area contributed by atoms with Gasteiger partial charge >= 0.3 is 0 Å². The number of nitrogens with one attached hydrogen (secondary N) is 6. The zero-order valence-corrected chi connectivity index (χ0v) is 36.7. The van der Waals surface area contributed by atoms with E-state index in [1.807, 2.05) is 13.0 Å². The number of fused-ring (bicyclic) bond motifs is 4. The van der Waals surface area contributed by atoms with E-state index in [9.17, 15) is 38.7 Å². The number of thiol groups is 1. The molecular weight excluding hydrogens is 844 g/mol. The molecule has 1 aliphatic heterocycles. The zero-order chi connectivity index (χ0) is 46.1. The van der Waals surface area contributed by atoms with Gasteiger partial charge in [-0.25, -0.2) is 9.37 Å². The van der Waals surface area contributed by atoms with Gasteiger partial charge in [-0.15, -0.1) is 0 Å². The maximum atomic E-state index is 15.3. The van der Waals surface area contributed by atoms with Crippen molar-refractivity contribution in [3.63, 3.8) is 0 Å². The number of halogens is 1. The molecule has 0 bridgehead atoms. The molecule has 1 unspecified atom stereocenters. The first-order valence-corrected chi connectivity index (χ1v) is 21.9. The molecule has 6 amide bonds. The number of hydrogen-bond acceptors (Lipinski definition) is 10. The number of aryl methyl sites for hydroxylation is 1. The Morgan fingerprint density at radius 1 is 0.938 bits per heavy atom. The second-order valence-electron chi connectivity index (χ2n) is 15.8. The van der Waals surface area contributed by atoms with Gasteiger partial charge in [0.2, 0.25) is 35.4 Å². The van der Waals surface area contributed by atoms with Crippen LogP contribution in [-0.2, 0) is 54.8 Å². The van der Waals surface area contributed by atoms with Crippen LogP contribution in [-0.4, -0.2) is 88.1 Å². The molecule has 18 heteroatoms. The van der Waals surface area contributed by atoms with E-state index < -0.39 is 61.2 Å². The Morgan fingerprint density at radius 3 is 2.36 bits per heavy atom. The Labute approximate surface area is 374 Å². The van der Waals surface area contributed by atoms with Crippen LogP contribution in [0.2, 0.25) is 0 Å². The molecule has 16 nitrogen and oxygen atoms in total. The van der Waals surface area contributed by atoms with Crippen LogP contribution < -0.4 is 37.5 Å². The summed E-state index contributed by atoms with van der Waals surface area (Å²) in [6, 6.07) is 10.6. The van der Waals surface area contributed by atoms with Gasteiger partial charge in [-0.2, -0.15) is 12.6 Å². The van der Waals surface area contributed by atoms with E-state index in [0.717, 1.165) is 27.6 Å². The number of allylic oxidation sites excluding steroid dienone is 1. The largest absolute Gasteiger partial charge is 0.391 e. The van der Waals surface area contributed by atoms with Crippen LogP contribution in [0, 0.1) is 12.7 Å². The molecule has 4 aromatic rings. The van der Waals surface area contributed by atoms with Crippen molar-refractivity contribution >= 4 is 64.5 Å². The quantitative estimate of drug-likeness (QED) is 0.0423. The number of hydrogen-bond donors (Lipinski definition) is 8. The maximum absolute atomic E-state index is 15.3. The Morgan fingerprint density at radius 2 is 1.64 bits per heavy atom. The molecule has 338 valence electrons. The first kappa shape index (κ1) is 47.1. The lowest BCUT2D eigenvalue weighted by Gasteiger charge is -2.29. The van der Waals surface area contributed by atoms with Crippen LogP contribution in [0.4, 0.5) is 4.39 Å². The minimum atomic E-state index is -1.08. The number of carbonyl (C=O) groups excluding carboxylic acids is 6. The van der Waals surface area contributed by atoms with E-state index in [2.05, 4.69) is 51.1 Å². The van der Waals surface area contributed by atoms with Crippen molar-refractivity contribution in [2.45, 2.75) is 84.0 Å². The number of nitrogens with zero attached hydrogens (tertiary/aromatic N) is 2. The van der Waals surface area contributed by atoms with Gasteiger partial charge in [-0.3, -0.25) is 33.6 Å². The van der Waals surface area contributed by atoms with Gasteiger partial charge in [0.05, 0.1) is 61.3 Å². The third-order valence-corrected chi connectivity index (χ3v) is 11.8. The fourth-order valence-corrected chi connectivity index (χ4v) is 8.36. The summed E-state index contributed by atoms with van der Waals surface area (Å²) >= 11 is 3.97. The van der Waals surface area contributed by atoms with Gasteiger partial charge in [0.1, 0.15) is 11.9 Å². The van der Waals surface area contributed by atoms with Gasteiger partial charge in [0.25, 0.3) is 5.56 Å². The monoisotopic (exact) mass is 896 g/mol. The predicted octanol–water partition coefficient (Wildman–Crippen LogP) is 2.18. The van der Waals surface area contributed by atoms with E-state index in [1.54, 1.807) is 41.8 Å². The summed E-state index contributed by atoms with van der Waals surface area (Å²) in [5.41, 5.74) is 6.18. The van der Waals surface area contributed by atoms with Crippen molar-refractivity contribution < 1.29 is 38.3 Å². The molecule has 64 heavy (non-hydrogen) atoms. The number of aromatic nitrogens is 2. The molecule has 2 aromatic carbocycles. The van der Waals surface area contributed by atoms with Gasteiger partial charge in [0, 0.05) is 42.8 Å². The topological polar surface area (TPSA) is 230 Å².